The number of anilines is 1. The molecule has 0 saturated heterocycles. The van der Waals surface area contributed by atoms with E-state index in [-0.39, 0.29) is 10.6 Å². The van der Waals surface area contributed by atoms with Crippen LogP contribution in [-0.4, -0.2) is 14.7 Å². The summed E-state index contributed by atoms with van der Waals surface area (Å²) in [7, 11) is -3.34. The summed E-state index contributed by atoms with van der Waals surface area (Å²) in [6.45, 7) is 2.51. The zero-order chi connectivity index (χ0) is 15.5. The Morgan fingerprint density at radius 3 is 2.38 bits per heavy atom. The van der Waals surface area contributed by atoms with Crippen molar-refractivity contribution in [1.29, 1.82) is 0 Å². The third-order valence-electron chi connectivity index (χ3n) is 3.33. The Hall–Kier alpha value is -1.88. The van der Waals surface area contributed by atoms with Crippen LogP contribution in [0.4, 0.5) is 10.1 Å². The fraction of sp³-hybridized carbons (Fsp3) is 0.250. The minimum atomic E-state index is -3.34. The van der Waals surface area contributed by atoms with Gasteiger partial charge >= 0.3 is 0 Å². The van der Waals surface area contributed by atoms with Gasteiger partial charge in [-0.1, -0.05) is 31.2 Å². The Balaban J connectivity index is 2.24. The summed E-state index contributed by atoms with van der Waals surface area (Å²) in [5, 5.41) is 2.98. The lowest BCUT2D eigenvalue weighted by molar-refractivity contribution is 0.600. The second kappa shape index (κ2) is 6.26. The van der Waals surface area contributed by atoms with E-state index in [0.717, 1.165) is 18.2 Å². The minimum Gasteiger partial charge on any atom is -0.379 e. The molecule has 2 rings (SSSR count). The topological polar surface area (TPSA) is 46.2 Å². The van der Waals surface area contributed by atoms with Crippen molar-refractivity contribution in [3.63, 3.8) is 0 Å². The molecular weight excluding hydrogens is 289 g/mol. The quantitative estimate of drug-likeness (QED) is 0.861. The molecule has 0 heterocycles. The highest BCUT2D eigenvalue weighted by atomic mass is 32.2. The van der Waals surface area contributed by atoms with E-state index >= 15 is 0 Å². The molecule has 0 bridgehead atoms. The van der Waals surface area contributed by atoms with E-state index < -0.39 is 15.7 Å². The Bertz CT molecular complexity index is 742. The molecule has 2 aromatic carbocycles. The highest BCUT2D eigenvalue weighted by Crippen LogP contribution is 2.21. The van der Waals surface area contributed by atoms with Crippen LogP contribution in [0.5, 0.6) is 0 Å². The summed E-state index contributed by atoms with van der Waals surface area (Å²) in [6.07, 6.45) is 2.00. The molecule has 0 aliphatic heterocycles. The molecule has 0 fully saturated rings. The number of nitrogens with one attached hydrogen (secondary N) is 1. The van der Waals surface area contributed by atoms with Gasteiger partial charge in [0.1, 0.15) is 5.82 Å². The molecule has 3 nitrogen and oxygen atoms in total. The van der Waals surface area contributed by atoms with Crippen molar-refractivity contribution in [3.05, 3.63) is 59.4 Å². The summed E-state index contributed by atoms with van der Waals surface area (Å²) in [4.78, 5) is 0.107. The maximum absolute atomic E-state index is 13.8. The largest absolute Gasteiger partial charge is 0.379 e. The molecule has 0 unspecified atom stereocenters. The predicted octanol–water partition coefficient (Wildman–Crippen LogP) is 3.40. The van der Waals surface area contributed by atoms with E-state index in [1.54, 1.807) is 0 Å². The number of hydrogen-bond donors (Lipinski definition) is 1. The highest BCUT2D eigenvalue weighted by Gasteiger charge is 2.11. The van der Waals surface area contributed by atoms with E-state index in [1.165, 1.54) is 23.8 Å². The van der Waals surface area contributed by atoms with Gasteiger partial charge in [-0.2, -0.15) is 0 Å². The maximum atomic E-state index is 13.8. The maximum Gasteiger partial charge on any atom is 0.175 e. The smallest absolute Gasteiger partial charge is 0.175 e. The monoisotopic (exact) mass is 307 g/mol. The molecule has 0 aliphatic rings. The van der Waals surface area contributed by atoms with Crippen LogP contribution in [0.1, 0.15) is 18.1 Å². The number of sulfone groups is 1. The van der Waals surface area contributed by atoms with Gasteiger partial charge in [-0.15, -0.1) is 0 Å². The first kappa shape index (κ1) is 15.5. The van der Waals surface area contributed by atoms with Crippen LogP contribution in [0.15, 0.2) is 47.4 Å². The summed E-state index contributed by atoms with van der Waals surface area (Å²) in [5.41, 5.74) is 2.46. The van der Waals surface area contributed by atoms with Gasteiger partial charge in [-0.25, -0.2) is 12.8 Å². The average molecular weight is 307 g/mol. The van der Waals surface area contributed by atoms with Crippen LogP contribution < -0.4 is 5.32 Å². The van der Waals surface area contributed by atoms with Gasteiger partial charge in [0.15, 0.2) is 9.84 Å². The van der Waals surface area contributed by atoms with Crippen molar-refractivity contribution in [1.82, 2.24) is 0 Å². The van der Waals surface area contributed by atoms with Gasteiger partial charge < -0.3 is 5.32 Å². The van der Waals surface area contributed by atoms with Gasteiger partial charge in [0.25, 0.3) is 0 Å². The standard InChI is InChI=1S/C16H18FNO2S/c1-3-12-6-4-5-7-13(12)11-18-16-10-14(21(2,19)20)8-9-15(16)17/h4-10,18H,3,11H2,1-2H3. The number of benzene rings is 2. The van der Waals surface area contributed by atoms with Crippen LogP contribution in [0, 0.1) is 5.82 Å². The SMILES string of the molecule is CCc1ccccc1CNc1cc(S(C)(=O)=O)ccc1F. The van der Waals surface area contributed by atoms with Crippen molar-refractivity contribution >= 4 is 15.5 Å². The lowest BCUT2D eigenvalue weighted by atomic mass is 10.1. The van der Waals surface area contributed by atoms with Crippen LogP contribution in [0.3, 0.4) is 0 Å². The van der Waals surface area contributed by atoms with Crippen LogP contribution in [0.25, 0.3) is 0 Å². The van der Waals surface area contributed by atoms with Crippen molar-refractivity contribution in [2.24, 2.45) is 0 Å². The molecule has 0 spiro atoms. The Morgan fingerprint density at radius 2 is 1.76 bits per heavy atom. The van der Waals surface area contributed by atoms with E-state index in [0.29, 0.717) is 6.54 Å². The number of hydrogen-bond acceptors (Lipinski definition) is 3. The Kier molecular flexibility index (Phi) is 4.63. The number of aryl methyl sites for hydroxylation is 1. The Labute approximate surface area is 124 Å². The average Bonchev–Trinajstić information content (AvgIpc) is 2.45. The molecule has 0 aliphatic carbocycles. The van der Waals surface area contributed by atoms with E-state index in [4.69, 9.17) is 0 Å². The summed E-state index contributed by atoms with van der Waals surface area (Å²) in [6, 6.07) is 11.7. The molecule has 0 amide bonds. The minimum absolute atomic E-state index is 0.107. The van der Waals surface area contributed by atoms with E-state index in [9.17, 15) is 12.8 Å². The zero-order valence-electron chi connectivity index (χ0n) is 12.1. The fourth-order valence-electron chi connectivity index (χ4n) is 2.14. The number of rotatable bonds is 5. The molecular formula is C16H18FNO2S. The molecule has 1 N–H and O–H groups in total. The van der Waals surface area contributed by atoms with Gasteiger partial charge in [-0.3, -0.25) is 0 Å². The molecule has 112 valence electrons. The first-order chi connectivity index (χ1) is 9.91. The van der Waals surface area contributed by atoms with Crippen molar-refractivity contribution in [3.8, 4) is 0 Å². The molecule has 0 aromatic heterocycles. The molecule has 0 radical (unpaired) electrons. The van der Waals surface area contributed by atoms with E-state index in [1.807, 2.05) is 24.3 Å². The second-order valence-electron chi connectivity index (χ2n) is 4.89. The van der Waals surface area contributed by atoms with E-state index in [2.05, 4.69) is 12.2 Å². The van der Waals surface area contributed by atoms with Crippen molar-refractivity contribution < 1.29 is 12.8 Å². The van der Waals surface area contributed by atoms with Gasteiger partial charge in [0.2, 0.25) is 0 Å². The second-order valence-corrected chi connectivity index (χ2v) is 6.91. The normalized spacial score (nSPS) is 11.4. The van der Waals surface area contributed by atoms with Gasteiger partial charge in [0.05, 0.1) is 10.6 Å². The first-order valence-corrected chi connectivity index (χ1v) is 8.61. The predicted molar refractivity (Wildman–Crippen MR) is 82.7 cm³/mol. The molecule has 0 atom stereocenters. The summed E-state index contributed by atoms with van der Waals surface area (Å²) >= 11 is 0. The summed E-state index contributed by atoms with van der Waals surface area (Å²) in [5.74, 6) is -0.462. The first-order valence-electron chi connectivity index (χ1n) is 6.72. The van der Waals surface area contributed by atoms with Gasteiger partial charge in [0, 0.05) is 12.8 Å². The third kappa shape index (κ3) is 3.82. The van der Waals surface area contributed by atoms with Crippen molar-refractivity contribution in [2.75, 3.05) is 11.6 Å². The zero-order valence-corrected chi connectivity index (χ0v) is 12.9. The van der Waals surface area contributed by atoms with Crippen LogP contribution in [0.2, 0.25) is 0 Å². The lowest BCUT2D eigenvalue weighted by Crippen LogP contribution is -2.06. The van der Waals surface area contributed by atoms with Crippen LogP contribution >= 0.6 is 0 Å². The fourth-order valence-corrected chi connectivity index (χ4v) is 2.78. The molecule has 5 heteroatoms. The highest BCUT2D eigenvalue weighted by molar-refractivity contribution is 7.90. The number of halogens is 1. The lowest BCUT2D eigenvalue weighted by Gasteiger charge is -2.12. The van der Waals surface area contributed by atoms with Gasteiger partial charge in [-0.05, 0) is 35.7 Å². The molecule has 2 aromatic rings. The van der Waals surface area contributed by atoms with Crippen LogP contribution in [-0.2, 0) is 22.8 Å². The van der Waals surface area contributed by atoms with Crippen molar-refractivity contribution in [2.45, 2.75) is 24.8 Å². The summed E-state index contributed by atoms with van der Waals surface area (Å²) < 4.78 is 36.8. The molecule has 21 heavy (non-hydrogen) atoms. The molecule has 0 saturated carbocycles. The third-order valence-corrected chi connectivity index (χ3v) is 4.44. The Morgan fingerprint density at radius 1 is 1.10 bits per heavy atom.